The van der Waals surface area contributed by atoms with Crippen molar-refractivity contribution in [1.29, 1.82) is 0 Å². The second-order valence-electron chi connectivity index (χ2n) is 5.02. The van der Waals surface area contributed by atoms with Crippen LogP contribution >= 0.6 is 0 Å². The van der Waals surface area contributed by atoms with Crippen LogP contribution in [0.3, 0.4) is 0 Å². The smallest absolute Gasteiger partial charge is 0.159 e. The normalized spacial score (nSPS) is 10.4. The van der Waals surface area contributed by atoms with E-state index in [1.54, 1.807) is 18.2 Å². The lowest BCUT2D eigenvalue weighted by atomic mass is 10.1. The third kappa shape index (κ3) is 3.95. The van der Waals surface area contributed by atoms with Gasteiger partial charge >= 0.3 is 0 Å². The van der Waals surface area contributed by atoms with E-state index in [-0.39, 0.29) is 12.4 Å². The van der Waals surface area contributed by atoms with Gasteiger partial charge < -0.3 is 21.1 Å². The molecule has 0 radical (unpaired) electrons. The molecule has 2 rings (SSSR count). The predicted molar refractivity (Wildman–Crippen MR) is 91.1 cm³/mol. The van der Waals surface area contributed by atoms with Crippen molar-refractivity contribution in [3.8, 4) is 0 Å². The van der Waals surface area contributed by atoms with E-state index in [0.717, 1.165) is 5.69 Å². The van der Waals surface area contributed by atoms with Gasteiger partial charge in [-0.05, 0) is 26.0 Å². The minimum atomic E-state index is -0.00916. The average Bonchev–Trinajstić information content (AvgIpc) is 2.55. The van der Waals surface area contributed by atoms with Crippen LogP contribution in [-0.2, 0) is 0 Å². The monoisotopic (exact) mass is 315 g/mol. The number of Topliss-reactive ketones (excluding diaryl/α,β-unsaturated/α-hetero) is 1. The van der Waals surface area contributed by atoms with E-state index in [1.165, 1.54) is 13.3 Å². The van der Waals surface area contributed by atoms with Crippen molar-refractivity contribution in [2.45, 2.75) is 13.8 Å². The average molecular weight is 315 g/mol. The van der Waals surface area contributed by atoms with E-state index < -0.39 is 0 Å². The number of aromatic nitrogens is 2. The Morgan fingerprint density at radius 2 is 2.17 bits per heavy atom. The number of hydrogen-bond acceptors (Lipinski definition) is 7. The molecular formula is C16H21N5O2. The van der Waals surface area contributed by atoms with Gasteiger partial charge in [-0.3, -0.25) is 4.79 Å². The number of aliphatic hydroxyl groups excluding tert-OH is 1. The summed E-state index contributed by atoms with van der Waals surface area (Å²) in [5.74, 6) is 1.03. The van der Waals surface area contributed by atoms with Gasteiger partial charge in [-0.2, -0.15) is 0 Å². The highest BCUT2D eigenvalue weighted by Gasteiger charge is 2.14. The highest BCUT2D eigenvalue weighted by molar-refractivity contribution is 5.95. The predicted octanol–water partition coefficient (Wildman–Crippen LogP) is 1.82. The first-order valence-electron chi connectivity index (χ1n) is 7.41. The molecule has 4 N–H and O–H groups in total. The van der Waals surface area contributed by atoms with Gasteiger partial charge in [0, 0.05) is 24.3 Å². The Kier molecular flexibility index (Phi) is 5.48. The summed E-state index contributed by atoms with van der Waals surface area (Å²) in [5.41, 5.74) is 7.89. The lowest BCUT2D eigenvalue weighted by Crippen LogP contribution is -2.28. The number of nitrogens with zero attached hydrogens (tertiary/aromatic N) is 3. The van der Waals surface area contributed by atoms with Crippen molar-refractivity contribution in [3.63, 3.8) is 0 Å². The molecule has 1 aromatic heterocycles. The number of nitrogens with one attached hydrogen (secondary N) is 1. The second-order valence-corrected chi connectivity index (χ2v) is 5.02. The summed E-state index contributed by atoms with van der Waals surface area (Å²) < 4.78 is 0. The Bertz CT molecular complexity index is 690. The fourth-order valence-electron chi connectivity index (χ4n) is 2.23. The molecule has 122 valence electrons. The van der Waals surface area contributed by atoms with Crippen LogP contribution in [0.4, 0.5) is 23.0 Å². The number of carbonyl (C=O) groups is 1. The van der Waals surface area contributed by atoms with Gasteiger partial charge in [0.05, 0.1) is 6.61 Å². The van der Waals surface area contributed by atoms with Gasteiger partial charge in [-0.25, -0.2) is 9.97 Å². The molecule has 0 aliphatic heterocycles. The zero-order chi connectivity index (χ0) is 16.8. The zero-order valence-corrected chi connectivity index (χ0v) is 13.3. The number of nitrogen functional groups attached to an aromatic ring is 1. The van der Waals surface area contributed by atoms with E-state index in [4.69, 9.17) is 10.8 Å². The van der Waals surface area contributed by atoms with Crippen molar-refractivity contribution in [3.05, 3.63) is 36.2 Å². The molecule has 2 aromatic rings. The number of aliphatic hydroxyl groups is 1. The zero-order valence-electron chi connectivity index (χ0n) is 13.3. The topological polar surface area (TPSA) is 104 Å². The SMILES string of the molecule is CCN(CCO)c1ncnc(Nc2cccc(C(C)=O)c2)c1N. The van der Waals surface area contributed by atoms with Crippen molar-refractivity contribution in [1.82, 2.24) is 9.97 Å². The summed E-state index contributed by atoms with van der Waals surface area (Å²) in [7, 11) is 0. The Hall–Kier alpha value is -2.67. The van der Waals surface area contributed by atoms with E-state index in [9.17, 15) is 4.79 Å². The largest absolute Gasteiger partial charge is 0.395 e. The summed E-state index contributed by atoms with van der Waals surface area (Å²) in [5, 5.41) is 12.2. The quantitative estimate of drug-likeness (QED) is 0.669. The third-order valence-corrected chi connectivity index (χ3v) is 3.45. The number of anilines is 4. The van der Waals surface area contributed by atoms with E-state index in [0.29, 0.717) is 36.0 Å². The maximum Gasteiger partial charge on any atom is 0.159 e. The maximum absolute atomic E-state index is 11.5. The number of carbonyl (C=O) groups excluding carboxylic acids is 1. The van der Waals surface area contributed by atoms with Gasteiger partial charge in [-0.15, -0.1) is 0 Å². The third-order valence-electron chi connectivity index (χ3n) is 3.45. The number of rotatable bonds is 7. The molecule has 0 saturated carbocycles. The molecule has 0 fully saturated rings. The Balaban J connectivity index is 2.30. The number of nitrogens with two attached hydrogens (primary N) is 1. The highest BCUT2D eigenvalue weighted by Crippen LogP contribution is 2.28. The summed E-state index contributed by atoms with van der Waals surface area (Å²) >= 11 is 0. The summed E-state index contributed by atoms with van der Waals surface area (Å²) in [6.07, 6.45) is 1.42. The molecule has 7 nitrogen and oxygen atoms in total. The molecule has 0 amide bonds. The standard InChI is InChI=1S/C16H21N5O2/c1-3-21(7-8-22)16-14(17)15(18-10-19-16)20-13-6-4-5-12(9-13)11(2)23/h4-6,9-10,22H,3,7-8,17H2,1-2H3,(H,18,19,20). The number of ketones is 1. The van der Waals surface area contributed by atoms with Crippen LogP contribution in [0.25, 0.3) is 0 Å². The lowest BCUT2D eigenvalue weighted by molar-refractivity contribution is 0.101. The fraction of sp³-hybridized carbons (Fsp3) is 0.312. The van der Waals surface area contributed by atoms with Crippen molar-refractivity contribution in [2.24, 2.45) is 0 Å². The van der Waals surface area contributed by atoms with Crippen LogP contribution in [0.1, 0.15) is 24.2 Å². The first-order chi connectivity index (χ1) is 11.1. The Morgan fingerprint density at radius 3 is 2.83 bits per heavy atom. The first kappa shape index (κ1) is 16.7. The number of benzene rings is 1. The lowest BCUT2D eigenvalue weighted by Gasteiger charge is -2.23. The minimum Gasteiger partial charge on any atom is -0.395 e. The molecule has 7 heteroatoms. The molecule has 0 spiro atoms. The molecule has 1 heterocycles. The molecule has 0 saturated heterocycles. The van der Waals surface area contributed by atoms with E-state index in [2.05, 4.69) is 15.3 Å². The molecule has 0 atom stereocenters. The fourth-order valence-corrected chi connectivity index (χ4v) is 2.23. The number of hydrogen-bond donors (Lipinski definition) is 3. The second kappa shape index (κ2) is 7.55. The van der Waals surface area contributed by atoms with Crippen LogP contribution in [0.15, 0.2) is 30.6 Å². The van der Waals surface area contributed by atoms with Crippen molar-refractivity contribution >= 4 is 28.8 Å². The van der Waals surface area contributed by atoms with Crippen LogP contribution < -0.4 is 16.0 Å². The molecular weight excluding hydrogens is 294 g/mol. The van der Waals surface area contributed by atoms with Crippen molar-refractivity contribution < 1.29 is 9.90 Å². The molecule has 1 aromatic carbocycles. The number of likely N-dealkylation sites (N-methyl/N-ethyl adjacent to an activating group) is 1. The van der Waals surface area contributed by atoms with Crippen LogP contribution in [0, 0.1) is 0 Å². The van der Waals surface area contributed by atoms with E-state index in [1.807, 2.05) is 17.9 Å². The molecule has 0 aliphatic carbocycles. The minimum absolute atomic E-state index is 0.00916. The van der Waals surface area contributed by atoms with Gasteiger partial charge in [0.1, 0.15) is 12.0 Å². The van der Waals surface area contributed by atoms with Crippen LogP contribution in [-0.4, -0.2) is 40.6 Å². The molecule has 0 bridgehead atoms. The Morgan fingerprint density at radius 1 is 1.39 bits per heavy atom. The summed E-state index contributed by atoms with van der Waals surface area (Å²) in [6, 6.07) is 7.12. The summed E-state index contributed by atoms with van der Waals surface area (Å²) in [6.45, 7) is 4.60. The van der Waals surface area contributed by atoms with Gasteiger partial charge in [0.15, 0.2) is 17.4 Å². The van der Waals surface area contributed by atoms with Gasteiger partial charge in [0.25, 0.3) is 0 Å². The highest BCUT2D eigenvalue weighted by atomic mass is 16.3. The van der Waals surface area contributed by atoms with E-state index >= 15 is 0 Å². The molecule has 0 unspecified atom stereocenters. The Labute approximate surface area is 135 Å². The van der Waals surface area contributed by atoms with Gasteiger partial charge in [0.2, 0.25) is 0 Å². The molecule has 23 heavy (non-hydrogen) atoms. The maximum atomic E-state index is 11.5. The molecule has 0 aliphatic rings. The van der Waals surface area contributed by atoms with Gasteiger partial charge in [-0.1, -0.05) is 12.1 Å². The van der Waals surface area contributed by atoms with Crippen LogP contribution in [0.5, 0.6) is 0 Å². The first-order valence-corrected chi connectivity index (χ1v) is 7.41. The van der Waals surface area contributed by atoms with Crippen molar-refractivity contribution in [2.75, 3.05) is 35.6 Å². The summed E-state index contributed by atoms with van der Waals surface area (Å²) in [4.78, 5) is 21.7. The van der Waals surface area contributed by atoms with Crippen LogP contribution in [0.2, 0.25) is 0 Å².